The maximum absolute atomic E-state index is 11.1. The number of halogens is 1. The molecule has 1 aromatic carbocycles. The molecule has 0 aliphatic rings. The van der Waals surface area contributed by atoms with Crippen LogP contribution in [0.15, 0.2) is 18.2 Å². The van der Waals surface area contributed by atoms with Crippen LogP contribution in [-0.4, -0.2) is 18.8 Å². The van der Waals surface area contributed by atoms with E-state index < -0.39 is 11.7 Å². The third-order valence-electron chi connectivity index (χ3n) is 1.73. The van der Waals surface area contributed by atoms with Gasteiger partial charge in [0.1, 0.15) is 5.75 Å². The molecule has 1 amide bonds. The van der Waals surface area contributed by atoms with E-state index in [1.165, 1.54) is 20.1 Å². The van der Waals surface area contributed by atoms with Crippen molar-refractivity contribution in [3.8, 4) is 5.75 Å². The summed E-state index contributed by atoms with van der Waals surface area (Å²) in [5, 5.41) is 2.86. The summed E-state index contributed by atoms with van der Waals surface area (Å²) in [6.45, 7) is 1.19. The Morgan fingerprint density at radius 2 is 2.07 bits per heavy atom. The largest absolute Gasteiger partial charge is 0.495 e. The van der Waals surface area contributed by atoms with E-state index in [2.05, 4.69) is 5.32 Å². The van der Waals surface area contributed by atoms with Crippen molar-refractivity contribution in [3.63, 3.8) is 0 Å². The van der Waals surface area contributed by atoms with Crippen LogP contribution < -0.4 is 10.1 Å². The summed E-state index contributed by atoms with van der Waals surface area (Å²) in [7, 11) is 1.46. The molecule has 15 heavy (non-hydrogen) atoms. The van der Waals surface area contributed by atoms with E-state index in [0.29, 0.717) is 16.5 Å². The predicted molar refractivity (Wildman–Crippen MR) is 57.3 cm³/mol. The summed E-state index contributed by atoms with van der Waals surface area (Å²) in [6, 6.07) is 4.75. The molecule has 0 bridgehead atoms. The Balaban J connectivity index is 2.97. The highest BCUT2D eigenvalue weighted by Crippen LogP contribution is 2.27. The van der Waals surface area contributed by atoms with Crippen molar-refractivity contribution >= 4 is 29.0 Å². The van der Waals surface area contributed by atoms with E-state index in [-0.39, 0.29) is 0 Å². The molecule has 0 heterocycles. The molecule has 0 aromatic heterocycles. The van der Waals surface area contributed by atoms with Gasteiger partial charge < -0.3 is 10.1 Å². The highest BCUT2D eigenvalue weighted by Gasteiger charge is 2.11. The molecular weight excluding hydrogens is 218 g/mol. The van der Waals surface area contributed by atoms with Gasteiger partial charge in [-0.3, -0.25) is 9.59 Å². The SMILES string of the molecule is COc1ccc(Cl)cc1NC(=O)C(C)=O. The molecule has 0 aliphatic heterocycles. The van der Waals surface area contributed by atoms with Crippen molar-refractivity contribution in [2.45, 2.75) is 6.92 Å². The second-order valence-electron chi connectivity index (χ2n) is 2.85. The first kappa shape index (κ1) is 11.5. The zero-order valence-electron chi connectivity index (χ0n) is 8.33. The summed E-state index contributed by atoms with van der Waals surface area (Å²) >= 11 is 5.75. The third kappa shape index (κ3) is 2.95. The predicted octanol–water partition coefficient (Wildman–Crippen LogP) is 1.88. The fraction of sp³-hybridized carbons (Fsp3) is 0.200. The van der Waals surface area contributed by atoms with Gasteiger partial charge in [0, 0.05) is 11.9 Å². The zero-order valence-corrected chi connectivity index (χ0v) is 9.09. The van der Waals surface area contributed by atoms with Crippen molar-refractivity contribution in [3.05, 3.63) is 23.2 Å². The van der Waals surface area contributed by atoms with E-state index in [0.717, 1.165) is 0 Å². The number of Topliss-reactive ketones (excluding diaryl/α,β-unsaturated/α-hetero) is 1. The number of hydrogen-bond acceptors (Lipinski definition) is 3. The summed E-state index contributed by atoms with van der Waals surface area (Å²) in [4.78, 5) is 21.9. The maximum atomic E-state index is 11.1. The molecule has 1 N–H and O–H groups in total. The number of methoxy groups -OCH3 is 1. The summed E-state index contributed by atoms with van der Waals surface area (Å²) in [5.41, 5.74) is 0.380. The lowest BCUT2D eigenvalue weighted by atomic mass is 10.2. The minimum Gasteiger partial charge on any atom is -0.495 e. The van der Waals surface area contributed by atoms with E-state index in [9.17, 15) is 9.59 Å². The number of nitrogens with one attached hydrogen (secondary N) is 1. The average Bonchev–Trinajstić information content (AvgIpc) is 2.18. The smallest absolute Gasteiger partial charge is 0.291 e. The second kappa shape index (κ2) is 4.79. The molecule has 0 aliphatic carbocycles. The number of rotatable bonds is 3. The molecule has 0 spiro atoms. The number of benzene rings is 1. The molecule has 0 saturated carbocycles. The van der Waals surface area contributed by atoms with E-state index >= 15 is 0 Å². The topological polar surface area (TPSA) is 55.4 Å². The Hall–Kier alpha value is -1.55. The van der Waals surface area contributed by atoms with Crippen LogP contribution in [0.3, 0.4) is 0 Å². The standard InChI is InChI=1S/C10H10ClNO3/c1-6(13)10(14)12-8-5-7(11)3-4-9(8)15-2/h3-5H,1-2H3,(H,12,14). The van der Waals surface area contributed by atoms with Crippen LogP contribution in [-0.2, 0) is 9.59 Å². The number of anilines is 1. The molecule has 1 rings (SSSR count). The first-order valence-electron chi connectivity index (χ1n) is 4.20. The van der Waals surface area contributed by atoms with Crippen molar-refractivity contribution in [1.82, 2.24) is 0 Å². The van der Waals surface area contributed by atoms with Gasteiger partial charge >= 0.3 is 0 Å². The first-order chi connectivity index (χ1) is 7.04. The number of hydrogen-bond donors (Lipinski definition) is 1. The lowest BCUT2D eigenvalue weighted by molar-refractivity contribution is -0.133. The van der Waals surface area contributed by atoms with Gasteiger partial charge in [-0.05, 0) is 18.2 Å². The summed E-state index contributed by atoms with van der Waals surface area (Å²) in [6.07, 6.45) is 0. The average molecular weight is 228 g/mol. The Labute approximate surface area is 92.2 Å². The van der Waals surface area contributed by atoms with Crippen LogP contribution in [0.4, 0.5) is 5.69 Å². The number of carbonyl (C=O) groups is 2. The van der Waals surface area contributed by atoms with Gasteiger partial charge in [-0.25, -0.2) is 0 Å². The van der Waals surface area contributed by atoms with E-state index in [4.69, 9.17) is 16.3 Å². The molecule has 0 radical (unpaired) electrons. The maximum Gasteiger partial charge on any atom is 0.291 e. The molecule has 0 atom stereocenters. The summed E-state index contributed by atoms with van der Waals surface area (Å²) < 4.78 is 5.00. The quantitative estimate of drug-likeness (QED) is 0.803. The number of carbonyl (C=O) groups excluding carboxylic acids is 2. The molecule has 4 nitrogen and oxygen atoms in total. The molecule has 1 aromatic rings. The molecule has 80 valence electrons. The first-order valence-corrected chi connectivity index (χ1v) is 4.58. The van der Waals surface area contributed by atoms with E-state index in [1.807, 2.05) is 0 Å². The van der Waals surface area contributed by atoms with Crippen molar-refractivity contribution in [2.75, 3.05) is 12.4 Å². The minimum atomic E-state index is -0.699. The third-order valence-corrected chi connectivity index (χ3v) is 1.96. The summed E-state index contributed by atoms with van der Waals surface area (Å²) in [5.74, 6) is -0.818. The lowest BCUT2D eigenvalue weighted by Gasteiger charge is -2.08. The fourth-order valence-corrected chi connectivity index (χ4v) is 1.16. The molecule has 5 heteroatoms. The molecular formula is C10H10ClNO3. The van der Waals surface area contributed by atoms with Crippen LogP contribution in [0, 0.1) is 0 Å². The van der Waals surface area contributed by atoms with Gasteiger partial charge in [-0.15, -0.1) is 0 Å². The molecule has 0 unspecified atom stereocenters. The van der Waals surface area contributed by atoms with Crippen molar-refractivity contribution in [1.29, 1.82) is 0 Å². The van der Waals surface area contributed by atoms with Gasteiger partial charge in [-0.2, -0.15) is 0 Å². The van der Waals surface area contributed by atoms with Gasteiger partial charge in [0.25, 0.3) is 5.91 Å². The van der Waals surface area contributed by atoms with Gasteiger partial charge in [0.2, 0.25) is 5.78 Å². The second-order valence-corrected chi connectivity index (χ2v) is 3.29. The Bertz CT molecular complexity index is 404. The fourth-order valence-electron chi connectivity index (χ4n) is 0.988. The lowest BCUT2D eigenvalue weighted by Crippen LogP contribution is -2.20. The Morgan fingerprint density at radius 3 is 2.60 bits per heavy atom. The van der Waals surface area contributed by atoms with Crippen molar-refractivity contribution < 1.29 is 14.3 Å². The van der Waals surface area contributed by atoms with E-state index in [1.54, 1.807) is 12.1 Å². The van der Waals surface area contributed by atoms with Crippen LogP contribution in [0.1, 0.15) is 6.92 Å². The Morgan fingerprint density at radius 1 is 1.40 bits per heavy atom. The molecule has 0 fully saturated rings. The van der Waals surface area contributed by atoms with Crippen LogP contribution >= 0.6 is 11.6 Å². The highest BCUT2D eigenvalue weighted by molar-refractivity contribution is 6.40. The minimum absolute atomic E-state index is 0.380. The van der Waals surface area contributed by atoms with Gasteiger partial charge in [-0.1, -0.05) is 11.6 Å². The van der Waals surface area contributed by atoms with Crippen molar-refractivity contribution in [2.24, 2.45) is 0 Å². The normalized spacial score (nSPS) is 9.53. The van der Waals surface area contributed by atoms with Crippen LogP contribution in [0.2, 0.25) is 5.02 Å². The Kier molecular flexibility index (Phi) is 3.68. The van der Waals surface area contributed by atoms with Gasteiger partial charge in [0.15, 0.2) is 0 Å². The number of ketones is 1. The highest BCUT2D eigenvalue weighted by atomic mass is 35.5. The van der Waals surface area contributed by atoms with Crippen LogP contribution in [0.25, 0.3) is 0 Å². The zero-order chi connectivity index (χ0) is 11.4. The number of ether oxygens (including phenoxy) is 1. The number of amides is 1. The molecule has 0 saturated heterocycles. The van der Waals surface area contributed by atoms with Gasteiger partial charge in [0.05, 0.1) is 12.8 Å². The van der Waals surface area contributed by atoms with Crippen LogP contribution in [0.5, 0.6) is 5.75 Å². The monoisotopic (exact) mass is 227 g/mol.